The number of nitrogens with zero attached hydrogens (tertiary/aromatic N) is 1. The van der Waals surface area contributed by atoms with Crippen molar-refractivity contribution in [3.8, 4) is 5.75 Å². The Balaban J connectivity index is 1.47. The van der Waals surface area contributed by atoms with Crippen LogP contribution in [-0.4, -0.2) is 38.2 Å². The second-order valence-electron chi connectivity index (χ2n) is 6.01. The summed E-state index contributed by atoms with van der Waals surface area (Å²) in [6.45, 7) is 5.00. The quantitative estimate of drug-likeness (QED) is 0.807. The van der Waals surface area contributed by atoms with E-state index in [2.05, 4.69) is 28.4 Å². The Morgan fingerprint density at radius 1 is 1.30 bits per heavy atom. The van der Waals surface area contributed by atoms with E-state index in [1.807, 2.05) is 0 Å². The first-order valence-corrected chi connectivity index (χ1v) is 7.99. The first kappa shape index (κ1) is 13.9. The Bertz CT molecular complexity index is 441. The van der Waals surface area contributed by atoms with Gasteiger partial charge in [-0.05, 0) is 81.5 Å². The van der Waals surface area contributed by atoms with E-state index in [0.717, 1.165) is 12.3 Å². The molecule has 1 N–H and O–H groups in total. The average molecular weight is 274 g/mol. The summed E-state index contributed by atoms with van der Waals surface area (Å²) in [7, 11) is 1.75. The van der Waals surface area contributed by atoms with Crippen LogP contribution in [0, 0.1) is 0 Å². The molecule has 0 spiro atoms. The van der Waals surface area contributed by atoms with E-state index in [9.17, 15) is 0 Å². The normalized spacial score (nSPS) is 22.1. The molecular formula is C17H26N2O. The molecule has 0 radical (unpaired) electrons. The predicted molar refractivity (Wildman–Crippen MR) is 82.3 cm³/mol. The van der Waals surface area contributed by atoms with Gasteiger partial charge in [-0.2, -0.15) is 0 Å². The molecule has 3 heteroatoms. The predicted octanol–water partition coefficient (Wildman–Crippen LogP) is 2.76. The number of fused-ring (bicyclic) bond motifs is 1. The molecule has 1 aliphatic heterocycles. The lowest BCUT2D eigenvalue weighted by Gasteiger charge is -2.17. The van der Waals surface area contributed by atoms with Crippen LogP contribution in [0.15, 0.2) is 18.2 Å². The monoisotopic (exact) mass is 274 g/mol. The molecule has 110 valence electrons. The number of ether oxygens (including phenoxy) is 1. The van der Waals surface area contributed by atoms with Crippen molar-refractivity contribution in [3.05, 3.63) is 29.3 Å². The zero-order valence-electron chi connectivity index (χ0n) is 12.5. The largest absolute Gasteiger partial charge is 0.497 e. The average Bonchev–Trinajstić information content (AvgIpc) is 3.13. The van der Waals surface area contributed by atoms with Crippen molar-refractivity contribution < 1.29 is 4.74 Å². The Hall–Kier alpha value is -1.06. The molecule has 1 aliphatic carbocycles. The summed E-state index contributed by atoms with van der Waals surface area (Å²) in [5.41, 5.74) is 2.94. The maximum absolute atomic E-state index is 5.35. The van der Waals surface area contributed by atoms with Crippen LogP contribution < -0.4 is 10.1 Å². The lowest BCUT2D eigenvalue weighted by atomic mass is 10.1. The molecule has 1 heterocycles. The van der Waals surface area contributed by atoms with E-state index in [-0.39, 0.29) is 0 Å². The molecule has 0 aromatic heterocycles. The van der Waals surface area contributed by atoms with E-state index >= 15 is 0 Å². The van der Waals surface area contributed by atoms with Crippen LogP contribution in [0.5, 0.6) is 5.75 Å². The molecule has 3 rings (SSSR count). The molecule has 3 nitrogen and oxygen atoms in total. The zero-order chi connectivity index (χ0) is 13.8. The van der Waals surface area contributed by atoms with Crippen molar-refractivity contribution >= 4 is 0 Å². The molecule has 1 saturated heterocycles. The third-order valence-corrected chi connectivity index (χ3v) is 4.67. The molecule has 20 heavy (non-hydrogen) atoms. The summed E-state index contributed by atoms with van der Waals surface area (Å²) >= 11 is 0. The van der Waals surface area contributed by atoms with Gasteiger partial charge in [-0.25, -0.2) is 0 Å². The number of nitrogens with one attached hydrogen (secondary N) is 1. The maximum Gasteiger partial charge on any atom is 0.119 e. The molecule has 1 aromatic rings. The first-order valence-electron chi connectivity index (χ1n) is 7.99. The number of aryl methyl sites for hydroxylation is 1. The van der Waals surface area contributed by atoms with Crippen molar-refractivity contribution in [1.29, 1.82) is 0 Å². The smallest absolute Gasteiger partial charge is 0.119 e. The third-order valence-electron chi connectivity index (χ3n) is 4.67. The molecule has 0 bridgehead atoms. The van der Waals surface area contributed by atoms with Gasteiger partial charge in [0.2, 0.25) is 0 Å². The molecular weight excluding hydrogens is 248 g/mol. The lowest BCUT2D eigenvalue weighted by Crippen LogP contribution is -2.26. The van der Waals surface area contributed by atoms with Crippen molar-refractivity contribution in [2.45, 2.75) is 38.1 Å². The molecule has 1 atom stereocenters. The Kier molecular flexibility index (Phi) is 4.58. The van der Waals surface area contributed by atoms with Crippen LogP contribution in [0.3, 0.4) is 0 Å². The number of rotatable bonds is 6. The van der Waals surface area contributed by atoms with Gasteiger partial charge in [-0.1, -0.05) is 6.07 Å². The van der Waals surface area contributed by atoms with Crippen molar-refractivity contribution in [1.82, 2.24) is 10.2 Å². The molecule has 1 fully saturated rings. The summed E-state index contributed by atoms with van der Waals surface area (Å²) in [6.07, 6.45) is 6.47. The minimum atomic E-state index is 0.527. The van der Waals surface area contributed by atoms with Gasteiger partial charge in [0.05, 0.1) is 7.11 Å². The highest BCUT2D eigenvalue weighted by atomic mass is 16.5. The molecule has 2 aliphatic rings. The fourth-order valence-electron chi connectivity index (χ4n) is 3.50. The minimum absolute atomic E-state index is 0.527. The second kappa shape index (κ2) is 6.59. The van der Waals surface area contributed by atoms with Crippen molar-refractivity contribution in [2.24, 2.45) is 0 Å². The number of methoxy groups -OCH3 is 1. The van der Waals surface area contributed by atoms with Gasteiger partial charge in [0.25, 0.3) is 0 Å². The molecule has 1 unspecified atom stereocenters. The highest BCUT2D eigenvalue weighted by Crippen LogP contribution is 2.33. The van der Waals surface area contributed by atoms with Gasteiger partial charge >= 0.3 is 0 Å². The summed E-state index contributed by atoms with van der Waals surface area (Å²) in [6, 6.07) is 7.04. The Morgan fingerprint density at radius 2 is 2.15 bits per heavy atom. The highest BCUT2D eigenvalue weighted by molar-refractivity contribution is 5.40. The van der Waals surface area contributed by atoms with Gasteiger partial charge in [-0.15, -0.1) is 0 Å². The maximum atomic E-state index is 5.35. The van der Waals surface area contributed by atoms with Gasteiger partial charge in [0.15, 0.2) is 0 Å². The van der Waals surface area contributed by atoms with Crippen LogP contribution >= 0.6 is 0 Å². The molecule has 0 saturated carbocycles. The molecule has 1 aromatic carbocycles. The SMILES string of the molecule is COc1ccc2c(c1)C(NCCCN1CCCC1)CC2. The summed E-state index contributed by atoms with van der Waals surface area (Å²) in [4.78, 5) is 2.59. The van der Waals surface area contributed by atoms with E-state index in [0.29, 0.717) is 6.04 Å². The van der Waals surface area contributed by atoms with Gasteiger partial charge < -0.3 is 15.0 Å². The zero-order valence-corrected chi connectivity index (χ0v) is 12.5. The Morgan fingerprint density at radius 3 is 2.95 bits per heavy atom. The topological polar surface area (TPSA) is 24.5 Å². The van der Waals surface area contributed by atoms with E-state index < -0.39 is 0 Å². The summed E-state index contributed by atoms with van der Waals surface area (Å²) in [5, 5.41) is 3.73. The number of likely N-dealkylation sites (tertiary alicyclic amines) is 1. The Labute approximate surface area is 122 Å². The van der Waals surface area contributed by atoms with Gasteiger partial charge in [0.1, 0.15) is 5.75 Å². The van der Waals surface area contributed by atoms with Crippen LogP contribution in [0.1, 0.15) is 42.9 Å². The van der Waals surface area contributed by atoms with Gasteiger partial charge in [0, 0.05) is 6.04 Å². The van der Waals surface area contributed by atoms with Crippen molar-refractivity contribution in [2.75, 3.05) is 33.3 Å². The molecule has 0 amide bonds. The second-order valence-corrected chi connectivity index (χ2v) is 6.01. The number of hydrogen-bond acceptors (Lipinski definition) is 3. The van der Waals surface area contributed by atoms with Crippen LogP contribution in [0.2, 0.25) is 0 Å². The minimum Gasteiger partial charge on any atom is -0.497 e. The third kappa shape index (κ3) is 3.15. The summed E-state index contributed by atoms with van der Waals surface area (Å²) < 4.78 is 5.35. The van der Waals surface area contributed by atoms with Crippen LogP contribution in [0.25, 0.3) is 0 Å². The number of benzene rings is 1. The first-order chi connectivity index (χ1) is 9.86. The highest BCUT2D eigenvalue weighted by Gasteiger charge is 2.22. The van der Waals surface area contributed by atoms with Crippen molar-refractivity contribution in [3.63, 3.8) is 0 Å². The van der Waals surface area contributed by atoms with Crippen LogP contribution in [-0.2, 0) is 6.42 Å². The van der Waals surface area contributed by atoms with Crippen LogP contribution in [0.4, 0.5) is 0 Å². The van der Waals surface area contributed by atoms with Gasteiger partial charge in [-0.3, -0.25) is 0 Å². The lowest BCUT2D eigenvalue weighted by molar-refractivity contribution is 0.327. The van der Waals surface area contributed by atoms with E-state index in [1.54, 1.807) is 7.11 Å². The van der Waals surface area contributed by atoms with E-state index in [1.165, 1.54) is 62.9 Å². The fraction of sp³-hybridized carbons (Fsp3) is 0.647. The standard InChI is InChI=1S/C17H26N2O/c1-20-15-7-5-14-6-8-17(16(14)13-15)18-9-4-12-19-10-2-3-11-19/h5,7,13,17-18H,2-4,6,8-12H2,1H3. The van der Waals surface area contributed by atoms with E-state index in [4.69, 9.17) is 4.74 Å². The number of hydrogen-bond donors (Lipinski definition) is 1. The fourth-order valence-corrected chi connectivity index (χ4v) is 3.50. The summed E-state index contributed by atoms with van der Waals surface area (Å²) in [5.74, 6) is 0.981.